The predicted molar refractivity (Wildman–Crippen MR) is 110 cm³/mol. The van der Waals surface area contributed by atoms with E-state index in [9.17, 15) is 18.0 Å². The summed E-state index contributed by atoms with van der Waals surface area (Å²) in [5, 5.41) is 2.87. The summed E-state index contributed by atoms with van der Waals surface area (Å²) >= 11 is 0. The number of amides is 1. The van der Waals surface area contributed by atoms with Crippen LogP contribution in [0.2, 0.25) is 0 Å². The highest BCUT2D eigenvalue weighted by Crippen LogP contribution is 2.43. The number of esters is 1. The zero-order valence-electron chi connectivity index (χ0n) is 16.2. The van der Waals surface area contributed by atoms with Gasteiger partial charge in [0.15, 0.2) is 6.61 Å². The second-order valence-corrected chi connectivity index (χ2v) is 9.06. The quantitative estimate of drug-likeness (QED) is 0.644. The van der Waals surface area contributed by atoms with Crippen LogP contribution in [0.5, 0.6) is 0 Å². The Balaban J connectivity index is 1.52. The van der Waals surface area contributed by atoms with Crippen molar-refractivity contribution in [2.24, 2.45) is 0 Å². The van der Waals surface area contributed by atoms with Crippen molar-refractivity contribution in [3.05, 3.63) is 65.7 Å². The fourth-order valence-corrected chi connectivity index (χ4v) is 3.97. The van der Waals surface area contributed by atoms with Gasteiger partial charge < -0.3 is 10.1 Å². The minimum absolute atomic E-state index is 0.0490. The van der Waals surface area contributed by atoms with Gasteiger partial charge in [-0.05, 0) is 36.6 Å². The Morgan fingerprint density at radius 1 is 1.07 bits per heavy atom. The molecule has 3 rings (SSSR count). The molecule has 0 spiro atoms. The standard InChI is InChI=1S/C21H24N2O5S/c1-29(26,27)23-18-10-5-7-16(13-18)20(25)28-14-19(24)22-15-21(11-6-12-21)17-8-3-2-4-9-17/h2-5,7-10,13,23H,6,11-12,14-15H2,1H3,(H,22,24). The second-order valence-electron chi connectivity index (χ2n) is 7.31. The zero-order valence-corrected chi connectivity index (χ0v) is 17.0. The van der Waals surface area contributed by atoms with E-state index >= 15 is 0 Å². The molecule has 0 atom stereocenters. The lowest BCUT2D eigenvalue weighted by Crippen LogP contribution is -2.46. The molecule has 1 amide bonds. The molecule has 1 saturated carbocycles. The summed E-state index contributed by atoms with van der Waals surface area (Å²) in [5.41, 5.74) is 1.57. The molecule has 0 bridgehead atoms. The Hall–Kier alpha value is -2.87. The van der Waals surface area contributed by atoms with Gasteiger partial charge in [0.2, 0.25) is 10.0 Å². The van der Waals surface area contributed by atoms with E-state index in [-0.39, 0.29) is 22.6 Å². The Morgan fingerprint density at radius 2 is 1.79 bits per heavy atom. The van der Waals surface area contributed by atoms with Gasteiger partial charge in [-0.15, -0.1) is 0 Å². The van der Waals surface area contributed by atoms with Crippen LogP contribution in [0.15, 0.2) is 54.6 Å². The molecule has 0 unspecified atom stereocenters. The van der Waals surface area contributed by atoms with E-state index in [1.807, 2.05) is 18.2 Å². The van der Waals surface area contributed by atoms with Crippen molar-refractivity contribution in [2.45, 2.75) is 24.7 Å². The molecule has 2 aromatic carbocycles. The molecule has 1 aliphatic rings. The van der Waals surface area contributed by atoms with Crippen molar-refractivity contribution in [1.82, 2.24) is 5.32 Å². The van der Waals surface area contributed by atoms with Crippen LogP contribution in [0.1, 0.15) is 35.2 Å². The Kier molecular flexibility index (Phi) is 6.22. The summed E-state index contributed by atoms with van der Waals surface area (Å²) < 4.78 is 30.0. The molecule has 2 N–H and O–H groups in total. The van der Waals surface area contributed by atoms with Crippen molar-refractivity contribution in [3.8, 4) is 0 Å². The number of ether oxygens (including phenoxy) is 1. The monoisotopic (exact) mass is 416 g/mol. The fourth-order valence-electron chi connectivity index (χ4n) is 3.42. The third kappa shape index (κ3) is 5.57. The maximum atomic E-state index is 12.2. The first-order chi connectivity index (χ1) is 13.8. The zero-order chi connectivity index (χ0) is 20.9. The van der Waals surface area contributed by atoms with Crippen molar-refractivity contribution in [3.63, 3.8) is 0 Å². The Bertz CT molecular complexity index is 985. The van der Waals surface area contributed by atoms with E-state index in [0.29, 0.717) is 6.54 Å². The number of carbonyl (C=O) groups excluding carboxylic acids is 2. The summed E-state index contributed by atoms with van der Waals surface area (Å²) in [6.45, 7) is 0.106. The minimum atomic E-state index is -3.45. The van der Waals surface area contributed by atoms with Gasteiger partial charge in [0.1, 0.15) is 0 Å². The van der Waals surface area contributed by atoms with Crippen molar-refractivity contribution in [2.75, 3.05) is 24.1 Å². The highest BCUT2D eigenvalue weighted by molar-refractivity contribution is 7.92. The van der Waals surface area contributed by atoms with Crippen LogP contribution in [-0.4, -0.2) is 39.7 Å². The maximum absolute atomic E-state index is 12.2. The van der Waals surface area contributed by atoms with E-state index in [0.717, 1.165) is 25.5 Å². The van der Waals surface area contributed by atoms with Gasteiger partial charge in [0.05, 0.1) is 11.8 Å². The van der Waals surface area contributed by atoms with Crippen LogP contribution in [0, 0.1) is 0 Å². The maximum Gasteiger partial charge on any atom is 0.338 e. The number of hydrogen-bond donors (Lipinski definition) is 2. The molecule has 8 heteroatoms. The van der Waals surface area contributed by atoms with Crippen LogP contribution in [0.25, 0.3) is 0 Å². The van der Waals surface area contributed by atoms with Gasteiger partial charge in [-0.25, -0.2) is 13.2 Å². The summed E-state index contributed by atoms with van der Waals surface area (Å²) in [5.74, 6) is -1.07. The van der Waals surface area contributed by atoms with E-state index in [4.69, 9.17) is 4.74 Å². The molecule has 0 radical (unpaired) electrons. The first-order valence-corrected chi connectivity index (χ1v) is 11.2. The van der Waals surface area contributed by atoms with Gasteiger partial charge in [0.25, 0.3) is 5.91 Å². The van der Waals surface area contributed by atoms with Gasteiger partial charge in [-0.2, -0.15) is 0 Å². The van der Waals surface area contributed by atoms with Gasteiger partial charge >= 0.3 is 5.97 Å². The number of anilines is 1. The molecule has 154 valence electrons. The lowest BCUT2D eigenvalue weighted by atomic mass is 9.64. The molecular weight excluding hydrogens is 392 g/mol. The second kappa shape index (κ2) is 8.65. The van der Waals surface area contributed by atoms with Crippen LogP contribution < -0.4 is 10.0 Å². The first kappa shape index (κ1) is 20.9. The summed E-state index contributed by atoms with van der Waals surface area (Å²) in [4.78, 5) is 24.3. The van der Waals surface area contributed by atoms with Crippen molar-refractivity contribution >= 4 is 27.6 Å². The average Bonchev–Trinajstić information content (AvgIpc) is 2.65. The Labute approximate surface area is 170 Å². The van der Waals surface area contributed by atoms with Crippen molar-refractivity contribution in [1.29, 1.82) is 0 Å². The molecule has 2 aromatic rings. The summed E-state index contributed by atoms with van der Waals surface area (Å²) in [6.07, 6.45) is 4.17. The predicted octanol–water partition coefficient (Wildman–Crippen LogP) is 2.45. The third-order valence-electron chi connectivity index (χ3n) is 5.06. The number of carbonyl (C=O) groups is 2. The first-order valence-electron chi connectivity index (χ1n) is 9.35. The largest absolute Gasteiger partial charge is 0.452 e. The SMILES string of the molecule is CS(=O)(=O)Nc1cccc(C(=O)OCC(=O)NCC2(c3ccccc3)CCC2)c1. The van der Waals surface area contributed by atoms with E-state index in [1.54, 1.807) is 0 Å². The molecular formula is C21H24N2O5S. The molecule has 0 saturated heterocycles. The molecule has 29 heavy (non-hydrogen) atoms. The van der Waals surface area contributed by atoms with Crippen LogP contribution in [0.4, 0.5) is 5.69 Å². The molecule has 7 nitrogen and oxygen atoms in total. The fraction of sp³-hybridized carbons (Fsp3) is 0.333. The highest BCUT2D eigenvalue weighted by atomic mass is 32.2. The number of benzene rings is 2. The van der Waals surface area contributed by atoms with E-state index in [1.165, 1.54) is 29.8 Å². The smallest absolute Gasteiger partial charge is 0.338 e. The Morgan fingerprint density at radius 3 is 2.41 bits per heavy atom. The van der Waals surface area contributed by atoms with Crippen molar-refractivity contribution < 1.29 is 22.7 Å². The topological polar surface area (TPSA) is 102 Å². The van der Waals surface area contributed by atoms with E-state index in [2.05, 4.69) is 22.2 Å². The number of hydrogen-bond acceptors (Lipinski definition) is 5. The number of sulfonamides is 1. The minimum Gasteiger partial charge on any atom is -0.452 e. The van der Waals surface area contributed by atoms with Gasteiger partial charge in [0, 0.05) is 17.6 Å². The average molecular weight is 416 g/mol. The van der Waals surface area contributed by atoms with E-state index < -0.39 is 22.6 Å². The lowest BCUT2D eigenvalue weighted by Gasteiger charge is -2.42. The van der Waals surface area contributed by atoms with Crippen LogP contribution in [-0.2, 0) is 25.0 Å². The number of rotatable bonds is 8. The molecule has 1 aliphatic carbocycles. The molecule has 0 heterocycles. The lowest BCUT2D eigenvalue weighted by molar-refractivity contribution is -0.124. The summed E-state index contributed by atoms with van der Waals surface area (Å²) in [7, 11) is -3.45. The normalized spacial score (nSPS) is 15.1. The molecule has 0 aliphatic heterocycles. The van der Waals surface area contributed by atoms with Crippen LogP contribution >= 0.6 is 0 Å². The van der Waals surface area contributed by atoms with Gasteiger partial charge in [-0.1, -0.05) is 42.8 Å². The number of nitrogens with one attached hydrogen (secondary N) is 2. The molecule has 1 fully saturated rings. The molecule has 0 aromatic heterocycles. The highest BCUT2D eigenvalue weighted by Gasteiger charge is 2.38. The van der Waals surface area contributed by atoms with Crippen LogP contribution in [0.3, 0.4) is 0 Å². The third-order valence-corrected chi connectivity index (χ3v) is 5.66. The van der Waals surface area contributed by atoms with Gasteiger partial charge in [-0.3, -0.25) is 9.52 Å². The summed E-state index contributed by atoms with van der Waals surface area (Å²) in [6, 6.07) is 16.0.